The van der Waals surface area contributed by atoms with Crippen LogP contribution in [0.25, 0.3) is 11.1 Å². The molecule has 144 valence electrons. The molecular weight excluding hydrogens is 348 g/mol. The minimum absolute atomic E-state index is 0.0749. The predicted octanol–water partition coefficient (Wildman–Crippen LogP) is 0.867. The average Bonchev–Trinajstić information content (AvgIpc) is 3.09. The highest BCUT2D eigenvalue weighted by molar-refractivity contribution is 5.88. The number of nitrogens with zero attached hydrogens (tertiary/aromatic N) is 5. The summed E-state index contributed by atoms with van der Waals surface area (Å²) in [6, 6.07) is 0. The summed E-state index contributed by atoms with van der Waals surface area (Å²) in [5, 5.41) is 4.80. The number of carbonyl (C=O) groups excluding carboxylic acids is 2. The third-order valence-electron chi connectivity index (χ3n) is 5.70. The minimum Gasteiger partial charge on any atom is -0.369 e. The van der Waals surface area contributed by atoms with E-state index < -0.39 is 0 Å². The number of hydrogen-bond acceptors (Lipinski definition) is 7. The molecule has 2 aromatic heterocycles. The number of aromatic nitrogens is 3. The second kappa shape index (κ2) is 7.13. The molecule has 27 heavy (non-hydrogen) atoms. The first kappa shape index (κ1) is 17.7. The fourth-order valence-corrected chi connectivity index (χ4v) is 4.16. The first-order valence-electron chi connectivity index (χ1n) is 9.44. The molecule has 2 aliphatic rings. The van der Waals surface area contributed by atoms with Crippen molar-refractivity contribution in [3.05, 3.63) is 12.0 Å². The van der Waals surface area contributed by atoms with Crippen molar-refractivity contribution in [3.8, 4) is 0 Å². The molecule has 9 nitrogen and oxygen atoms in total. The normalized spacial score (nSPS) is 21.6. The van der Waals surface area contributed by atoms with Gasteiger partial charge >= 0.3 is 0 Å². The van der Waals surface area contributed by atoms with Gasteiger partial charge in [0.05, 0.1) is 11.6 Å². The summed E-state index contributed by atoms with van der Waals surface area (Å²) in [6.45, 7) is 4.53. The molecule has 2 saturated heterocycles. The van der Waals surface area contributed by atoms with Crippen molar-refractivity contribution in [2.24, 2.45) is 17.6 Å². The standard InChI is InChI=1S/C18H24N6O3/c1-11-14-16(20-10-21-17(14)27-22-11)24-6-2-3-13(9-24)18(26)23-7-4-12(5-8-23)15(19)25/h10,12-13H,2-9H2,1H3,(H2,19,25). The second-order valence-electron chi connectivity index (χ2n) is 7.43. The lowest BCUT2D eigenvalue weighted by Crippen LogP contribution is -2.48. The zero-order chi connectivity index (χ0) is 19.0. The lowest BCUT2D eigenvalue weighted by molar-refractivity contribution is -0.138. The average molecular weight is 372 g/mol. The molecule has 0 spiro atoms. The molecule has 2 aromatic rings. The van der Waals surface area contributed by atoms with Gasteiger partial charge in [0, 0.05) is 32.1 Å². The smallest absolute Gasteiger partial charge is 0.263 e. The van der Waals surface area contributed by atoms with Crippen LogP contribution in [0.2, 0.25) is 0 Å². The van der Waals surface area contributed by atoms with E-state index in [9.17, 15) is 9.59 Å². The van der Waals surface area contributed by atoms with E-state index in [4.69, 9.17) is 10.3 Å². The number of piperidine rings is 2. The van der Waals surface area contributed by atoms with Gasteiger partial charge in [-0.15, -0.1) is 0 Å². The number of primary amides is 1. The van der Waals surface area contributed by atoms with Gasteiger partial charge in [0.2, 0.25) is 11.8 Å². The van der Waals surface area contributed by atoms with E-state index in [1.165, 1.54) is 6.33 Å². The number of carbonyl (C=O) groups is 2. The molecule has 2 amide bonds. The molecule has 0 aliphatic carbocycles. The summed E-state index contributed by atoms with van der Waals surface area (Å²) in [6.07, 6.45) is 4.57. The Hall–Kier alpha value is -2.71. The van der Waals surface area contributed by atoms with Crippen LogP contribution in [0.3, 0.4) is 0 Å². The molecule has 0 radical (unpaired) electrons. The first-order chi connectivity index (χ1) is 13.0. The van der Waals surface area contributed by atoms with Crippen LogP contribution in [0.5, 0.6) is 0 Å². The van der Waals surface area contributed by atoms with Gasteiger partial charge in [-0.3, -0.25) is 9.59 Å². The van der Waals surface area contributed by atoms with Crippen molar-refractivity contribution >= 4 is 28.7 Å². The Morgan fingerprint density at radius 3 is 2.67 bits per heavy atom. The van der Waals surface area contributed by atoms with Crippen LogP contribution >= 0.6 is 0 Å². The summed E-state index contributed by atoms with van der Waals surface area (Å²) in [4.78, 5) is 36.9. The van der Waals surface area contributed by atoms with E-state index in [2.05, 4.69) is 20.0 Å². The molecule has 2 N–H and O–H groups in total. The fraction of sp³-hybridized carbons (Fsp3) is 0.611. The van der Waals surface area contributed by atoms with Crippen molar-refractivity contribution < 1.29 is 14.1 Å². The molecule has 0 aromatic carbocycles. The molecule has 9 heteroatoms. The van der Waals surface area contributed by atoms with Gasteiger partial charge in [-0.1, -0.05) is 5.16 Å². The van der Waals surface area contributed by atoms with Gasteiger partial charge in [0.15, 0.2) is 0 Å². The molecule has 2 fully saturated rings. The largest absolute Gasteiger partial charge is 0.369 e. The maximum Gasteiger partial charge on any atom is 0.263 e. The Kier molecular flexibility index (Phi) is 4.67. The van der Waals surface area contributed by atoms with E-state index in [1.807, 2.05) is 11.8 Å². The third kappa shape index (κ3) is 3.33. The van der Waals surface area contributed by atoms with Crippen LogP contribution < -0.4 is 10.6 Å². The Balaban J connectivity index is 1.47. The van der Waals surface area contributed by atoms with Crippen LogP contribution in [-0.2, 0) is 9.59 Å². The zero-order valence-electron chi connectivity index (χ0n) is 15.4. The predicted molar refractivity (Wildman–Crippen MR) is 97.8 cm³/mol. The highest BCUT2D eigenvalue weighted by Crippen LogP contribution is 2.30. The van der Waals surface area contributed by atoms with Crippen molar-refractivity contribution in [1.29, 1.82) is 0 Å². The molecule has 0 bridgehead atoms. The molecular formula is C18H24N6O3. The van der Waals surface area contributed by atoms with Crippen LogP contribution in [0, 0.1) is 18.8 Å². The van der Waals surface area contributed by atoms with E-state index >= 15 is 0 Å². The van der Waals surface area contributed by atoms with Gasteiger partial charge in [-0.05, 0) is 32.6 Å². The lowest BCUT2D eigenvalue weighted by atomic mass is 9.92. The van der Waals surface area contributed by atoms with Crippen molar-refractivity contribution in [2.75, 3.05) is 31.1 Å². The highest BCUT2D eigenvalue weighted by Gasteiger charge is 2.33. The monoisotopic (exact) mass is 372 g/mol. The van der Waals surface area contributed by atoms with Crippen molar-refractivity contribution in [1.82, 2.24) is 20.0 Å². The number of rotatable bonds is 3. The number of fused-ring (bicyclic) bond motifs is 1. The molecule has 1 unspecified atom stereocenters. The number of amides is 2. The lowest BCUT2D eigenvalue weighted by Gasteiger charge is -2.37. The number of nitrogens with two attached hydrogens (primary N) is 1. The molecule has 2 aliphatic heterocycles. The fourth-order valence-electron chi connectivity index (χ4n) is 4.16. The third-order valence-corrected chi connectivity index (χ3v) is 5.70. The zero-order valence-corrected chi connectivity index (χ0v) is 15.4. The number of likely N-dealkylation sites (tertiary alicyclic amines) is 1. The van der Waals surface area contributed by atoms with Crippen molar-refractivity contribution in [3.63, 3.8) is 0 Å². The van der Waals surface area contributed by atoms with Crippen LogP contribution in [0.1, 0.15) is 31.4 Å². The number of aryl methyl sites for hydroxylation is 1. The summed E-state index contributed by atoms with van der Waals surface area (Å²) in [5.74, 6) is 0.498. The first-order valence-corrected chi connectivity index (χ1v) is 9.44. The quantitative estimate of drug-likeness (QED) is 0.849. The maximum absolute atomic E-state index is 13.0. The van der Waals surface area contributed by atoms with Gasteiger partial charge in [-0.25, -0.2) is 4.98 Å². The van der Waals surface area contributed by atoms with Crippen molar-refractivity contribution in [2.45, 2.75) is 32.6 Å². The Morgan fingerprint density at radius 1 is 1.15 bits per heavy atom. The summed E-state index contributed by atoms with van der Waals surface area (Å²) >= 11 is 0. The summed E-state index contributed by atoms with van der Waals surface area (Å²) in [5.41, 5.74) is 6.61. The van der Waals surface area contributed by atoms with E-state index in [0.29, 0.717) is 38.2 Å². The van der Waals surface area contributed by atoms with Gasteiger partial charge in [0.25, 0.3) is 5.71 Å². The molecule has 0 saturated carbocycles. The second-order valence-corrected chi connectivity index (χ2v) is 7.43. The van der Waals surface area contributed by atoms with E-state index in [-0.39, 0.29) is 23.7 Å². The molecule has 1 atom stereocenters. The SMILES string of the molecule is Cc1noc2ncnc(N3CCCC(C(=O)N4CCC(C(N)=O)CC4)C3)c12. The summed E-state index contributed by atoms with van der Waals surface area (Å²) < 4.78 is 5.24. The molecule has 4 heterocycles. The van der Waals surface area contributed by atoms with Crippen LogP contribution in [0.4, 0.5) is 5.82 Å². The molecule has 4 rings (SSSR count). The minimum atomic E-state index is -0.261. The topological polar surface area (TPSA) is 118 Å². The Labute approximate surface area is 156 Å². The highest BCUT2D eigenvalue weighted by atomic mass is 16.5. The van der Waals surface area contributed by atoms with Gasteiger partial charge in [-0.2, -0.15) is 4.98 Å². The number of hydrogen-bond donors (Lipinski definition) is 1. The van der Waals surface area contributed by atoms with Crippen LogP contribution in [0.15, 0.2) is 10.9 Å². The van der Waals surface area contributed by atoms with Crippen LogP contribution in [-0.4, -0.2) is 58.0 Å². The van der Waals surface area contributed by atoms with Gasteiger partial charge in [0.1, 0.15) is 17.5 Å². The maximum atomic E-state index is 13.0. The summed E-state index contributed by atoms with van der Waals surface area (Å²) in [7, 11) is 0. The van der Waals surface area contributed by atoms with Gasteiger partial charge < -0.3 is 20.1 Å². The van der Waals surface area contributed by atoms with E-state index in [1.54, 1.807) is 0 Å². The van der Waals surface area contributed by atoms with E-state index in [0.717, 1.165) is 36.3 Å². The Bertz CT molecular complexity index is 858. The Morgan fingerprint density at radius 2 is 1.93 bits per heavy atom. The number of anilines is 1.